The zero-order chi connectivity index (χ0) is 17.3. The Labute approximate surface area is 145 Å². The lowest BCUT2D eigenvalue weighted by molar-refractivity contribution is 0.244. The first-order chi connectivity index (χ1) is 11.5. The molecule has 126 valence electrons. The van der Waals surface area contributed by atoms with Crippen molar-refractivity contribution in [3.63, 3.8) is 0 Å². The van der Waals surface area contributed by atoms with Crippen LogP contribution in [0.2, 0.25) is 0 Å². The summed E-state index contributed by atoms with van der Waals surface area (Å²) >= 11 is 0. The molecule has 0 spiro atoms. The summed E-state index contributed by atoms with van der Waals surface area (Å²) in [4.78, 5) is 0. The van der Waals surface area contributed by atoms with E-state index in [9.17, 15) is 0 Å². The molecule has 0 amide bonds. The highest BCUT2D eigenvalue weighted by atomic mass is 14.6. The molecule has 0 heterocycles. The predicted molar refractivity (Wildman–Crippen MR) is 104 cm³/mol. The van der Waals surface area contributed by atoms with E-state index in [1.54, 1.807) is 0 Å². The van der Waals surface area contributed by atoms with Crippen LogP contribution in [0.1, 0.15) is 44.2 Å². The van der Waals surface area contributed by atoms with Crippen molar-refractivity contribution in [2.24, 2.45) is 11.8 Å². The van der Waals surface area contributed by atoms with E-state index in [1.807, 2.05) is 24.3 Å². The molecule has 2 heteroatoms. The molecular weight excluding hydrogens is 292 g/mol. The standard InChI is InChI=1S/C22H28N2/c1-4-17-11-15(2)22(16(3)12-17,18-7-5-9-20(23)13-18)19-8-6-10-21(24)14-19/h5-10,13-14,16-17H,2,4,11-12,23-24H2,1,3H3. The fraction of sp³-hybridized carbons (Fsp3) is 0.364. The average Bonchev–Trinajstić information content (AvgIpc) is 2.54. The van der Waals surface area contributed by atoms with Crippen molar-refractivity contribution in [2.75, 3.05) is 11.5 Å². The van der Waals surface area contributed by atoms with Crippen LogP contribution >= 0.6 is 0 Å². The van der Waals surface area contributed by atoms with Gasteiger partial charge in [0.05, 0.1) is 0 Å². The van der Waals surface area contributed by atoms with Crippen LogP contribution in [-0.2, 0) is 5.41 Å². The second-order valence-electron chi connectivity index (χ2n) is 7.28. The van der Waals surface area contributed by atoms with E-state index in [4.69, 9.17) is 11.5 Å². The van der Waals surface area contributed by atoms with Crippen LogP contribution in [0.3, 0.4) is 0 Å². The van der Waals surface area contributed by atoms with Crippen LogP contribution in [0.4, 0.5) is 11.4 Å². The zero-order valence-electron chi connectivity index (χ0n) is 14.8. The fourth-order valence-electron chi connectivity index (χ4n) is 4.64. The first-order valence-electron chi connectivity index (χ1n) is 8.88. The van der Waals surface area contributed by atoms with E-state index in [0.717, 1.165) is 17.8 Å². The Hall–Kier alpha value is -2.22. The molecule has 1 saturated carbocycles. The van der Waals surface area contributed by atoms with Crippen LogP contribution < -0.4 is 11.5 Å². The minimum atomic E-state index is -0.212. The largest absolute Gasteiger partial charge is 0.399 e. The summed E-state index contributed by atoms with van der Waals surface area (Å²) in [7, 11) is 0. The summed E-state index contributed by atoms with van der Waals surface area (Å²) < 4.78 is 0. The number of hydrogen-bond donors (Lipinski definition) is 2. The Morgan fingerprint density at radius 2 is 1.58 bits per heavy atom. The molecule has 2 unspecified atom stereocenters. The van der Waals surface area contributed by atoms with E-state index in [2.05, 4.69) is 44.7 Å². The normalized spacial score (nSPS) is 23.2. The molecule has 4 N–H and O–H groups in total. The van der Waals surface area contributed by atoms with Crippen LogP contribution in [0, 0.1) is 11.8 Å². The minimum absolute atomic E-state index is 0.212. The molecule has 1 fully saturated rings. The van der Waals surface area contributed by atoms with Crippen LogP contribution in [0.15, 0.2) is 60.7 Å². The Balaban J connectivity index is 2.24. The van der Waals surface area contributed by atoms with Gasteiger partial charge in [0, 0.05) is 16.8 Å². The second kappa shape index (κ2) is 6.35. The first kappa shape index (κ1) is 16.6. The maximum absolute atomic E-state index is 6.12. The van der Waals surface area contributed by atoms with Gasteiger partial charge >= 0.3 is 0 Å². The van der Waals surface area contributed by atoms with Crippen molar-refractivity contribution in [3.05, 3.63) is 71.8 Å². The van der Waals surface area contributed by atoms with E-state index in [-0.39, 0.29) is 5.41 Å². The number of rotatable bonds is 3. The summed E-state index contributed by atoms with van der Waals surface area (Å²) in [6.45, 7) is 9.17. The van der Waals surface area contributed by atoms with Crippen molar-refractivity contribution < 1.29 is 0 Å². The van der Waals surface area contributed by atoms with Crippen LogP contribution in [-0.4, -0.2) is 0 Å². The molecule has 2 aromatic carbocycles. The molecule has 3 rings (SSSR count). The van der Waals surface area contributed by atoms with Gasteiger partial charge in [0.15, 0.2) is 0 Å². The second-order valence-corrected chi connectivity index (χ2v) is 7.28. The highest BCUT2D eigenvalue weighted by molar-refractivity contribution is 5.57. The number of allylic oxidation sites excluding steroid dienone is 1. The summed E-state index contributed by atoms with van der Waals surface area (Å²) in [5, 5.41) is 0. The lowest BCUT2D eigenvalue weighted by Gasteiger charge is -2.48. The lowest BCUT2D eigenvalue weighted by atomic mass is 9.55. The van der Waals surface area contributed by atoms with Crippen LogP contribution in [0.5, 0.6) is 0 Å². The third kappa shape index (κ3) is 2.60. The minimum Gasteiger partial charge on any atom is -0.399 e. The Morgan fingerprint density at radius 1 is 1.04 bits per heavy atom. The average molecular weight is 320 g/mol. The smallest absolute Gasteiger partial charge is 0.0435 e. The topological polar surface area (TPSA) is 52.0 Å². The number of anilines is 2. The maximum Gasteiger partial charge on any atom is 0.0435 e. The van der Waals surface area contributed by atoms with Crippen molar-refractivity contribution >= 4 is 11.4 Å². The molecule has 0 bridgehead atoms. The highest BCUT2D eigenvalue weighted by Crippen LogP contribution is 2.53. The van der Waals surface area contributed by atoms with Gasteiger partial charge in [0.1, 0.15) is 0 Å². The lowest BCUT2D eigenvalue weighted by Crippen LogP contribution is -2.42. The molecule has 0 aliphatic heterocycles. The van der Waals surface area contributed by atoms with E-state index in [0.29, 0.717) is 11.8 Å². The van der Waals surface area contributed by atoms with Gasteiger partial charge in [-0.05, 0) is 60.1 Å². The fourth-order valence-corrected chi connectivity index (χ4v) is 4.64. The molecule has 0 aromatic heterocycles. The SMILES string of the molecule is C=C1CC(CC)CC(C)C1(c1cccc(N)c1)c1cccc(N)c1. The third-order valence-corrected chi connectivity index (χ3v) is 5.78. The Bertz CT molecular complexity index is 702. The van der Waals surface area contributed by atoms with Crippen molar-refractivity contribution in [3.8, 4) is 0 Å². The number of hydrogen-bond acceptors (Lipinski definition) is 2. The van der Waals surface area contributed by atoms with E-state index < -0.39 is 0 Å². The predicted octanol–water partition coefficient (Wildman–Crippen LogP) is 5.15. The monoisotopic (exact) mass is 320 g/mol. The van der Waals surface area contributed by atoms with Gasteiger partial charge in [0.25, 0.3) is 0 Å². The zero-order valence-corrected chi connectivity index (χ0v) is 14.8. The third-order valence-electron chi connectivity index (χ3n) is 5.78. The van der Waals surface area contributed by atoms with E-state index in [1.165, 1.54) is 29.5 Å². The molecule has 2 nitrogen and oxygen atoms in total. The van der Waals surface area contributed by atoms with Gasteiger partial charge in [-0.2, -0.15) is 0 Å². The van der Waals surface area contributed by atoms with Gasteiger partial charge in [0.2, 0.25) is 0 Å². The summed E-state index contributed by atoms with van der Waals surface area (Å²) in [5.41, 5.74) is 17.4. The van der Waals surface area contributed by atoms with Gasteiger partial charge in [-0.15, -0.1) is 0 Å². The molecule has 0 radical (unpaired) electrons. The van der Waals surface area contributed by atoms with Gasteiger partial charge in [-0.25, -0.2) is 0 Å². The van der Waals surface area contributed by atoms with Gasteiger partial charge < -0.3 is 11.5 Å². The Morgan fingerprint density at radius 3 is 2.00 bits per heavy atom. The maximum atomic E-state index is 6.12. The highest BCUT2D eigenvalue weighted by Gasteiger charge is 2.46. The van der Waals surface area contributed by atoms with E-state index >= 15 is 0 Å². The Kier molecular flexibility index (Phi) is 4.40. The molecule has 1 aliphatic rings. The summed E-state index contributed by atoms with van der Waals surface area (Å²) in [6.07, 6.45) is 3.46. The molecular formula is C22H28N2. The van der Waals surface area contributed by atoms with Gasteiger partial charge in [-0.1, -0.05) is 56.7 Å². The molecule has 0 saturated heterocycles. The number of benzene rings is 2. The van der Waals surface area contributed by atoms with Crippen molar-refractivity contribution in [1.82, 2.24) is 0 Å². The van der Waals surface area contributed by atoms with Crippen LogP contribution in [0.25, 0.3) is 0 Å². The quantitative estimate of drug-likeness (QED) is 0.607. The molecule has 2 aromatic rings. The molecule has 24 heavy (non-hydrogen) atoms. The molecule has 2 atom stereocenters. The number of nitrogen functional groups attached to an aromatic ring is 2. The number of nitrogens with two attached hydrogens (primary N) is 2. The first-order valence-corrected chi connectivity index (χ1v) is 8.88. The van der Waals surface area contributed by atoms with Crippen molar-refractivity contribution in [2.45, 2.75) is 38.5 Å². The van der Waals surface area contributed by atoms with Gasteiger partial charge in [-0.3, -0.25) is 0 Å². The summed E-state index contributed by atoms with van der Waals surface area (Å²) in [6, 6.07) is 16.6. The van der Waals surface area contributed by atoms with Crippen molar-refractivity contribution in [1.29, 1.82) is 0 Å². The molecule has 1 aliphatic carbocycles. The summed E-state index contributed by atoms with van der Waals surface area (Å²) in [5.74, 6) is 1.16.